The SMILES string of the molecule is C/C=C\C.CCCCC12CC(=O)CCC1C2.Cc1ccc(C#N)cc1C. The first-order valence-electron chi connectivity index (χ1n) is 9.98. The van der Waals surface area contributed by atoms with E-state index in [0.717, 1.165) is 24.3 Å². The van der Waals surface area contributed by atoms with Crippen molar-refractivity contribution < 1.29 is 4.79 Å². The molecule has 0 aliphatic heterocycles. The van der Waals surface area contributed by atoms with Crippen LogP contribution in [0.2, 0.25) is 0 Å². The van der Waals surface area contributed by atoms with Crippen molar-refractivity contribution in [2.75, 3.05) is 0 Å². The van der Waals surface area contributed by atoms with Gasteiger partial charge in [-0.1, -0.05) is 38.0 Å². The van der Waals surface area contributed by atoms with Crippen LogP contribution in [-0.4, -0.2) is 5.78 Å². The van der Waals surface area contributed by atoms with Gasteiger partial charge >= 0.3 is 0 Å². The van der Waals surface area contributed by atoms with Gasteiger partial charge in [0.2, 0.25) is 0 Å². The maximum absolute atomic E-state index is 11.3. The Morgan fingerprint density at radius 3 is 2.46 bits per heavy atom. The second kappa shape index (κ2) is 11.0. The Hall–Kier alpha value is -1.88. The van der Waals surface area contributed by atoms with E-state index in [1.807, 2.05) is 58.0 Å². The van der Waals surface area contributed by atoms with Gasteiger partial charge in [-0.2, -0.15) is 5.26 Å². The normalized spacial score (nSPS) is 23.1. The molecule has 0 bridgehead atoms. The summed E-state index contributed by atoms with van der Waals surface area (Å²) in [4.78, 5) is 11.3. The fourth-order valence-electron chi connectivity index (χ4n) is 3.61. The quantitative estimate of drug-likeness (QED) is 0.568. The molecule has 2 unspecified atom stereocenters. The standard InChI is InChI=1S/C11H18O.C9H9N.C4H8/c1-2-3-6-11-7-9(11)4-5-10(12)8-11;1-7-3-4-9(6-10)5-8(7)2;1-3-4-2/h9H,2-8H2,1H3;3-5H,1-2H3;3-4H,1-2H3/b;;4-3-. The zero-order valence-electron chi connectivity index (χ0n) is 17.3. The largest absolute Gasteiger partial charge is 0.300 e. The predicted molar refractivity (Wildman–Crippen MR) is 110 cm³/mol. The summed E-state index contributed by atoms with van der Waals surface area (Å²) in [5.74, 6) is 1.46. The highest BCUT2D eigenvalue weighted by atomic mass is 16.1. The molecule has 2 atom stereocenters. The first kappa shape index (κ1) is 22.2. The molecule has 2 aliphatic carbocycles. The third-order valence-electron chi connectivity index (χ3n) is 5.68. The summed E-state index contributed by atoms with van der Waals surface area (Å²) in [5.41, 5.74) is 3.67. The van der Waals surface area contributed by atoms with E-state index in [-0.39, 0.29) is 0 Å². The van der Waals surface area contributed by atoms with Crippen LogP contribution in [0.15, 0.2) is 30.4 Å². The Bertz CT molecular complexity index is 649. The van der Waals surface area contributed by atoms with Crippen molar-refractivity contribution in [1.29, 1.82) is 5.26 Å². The molecule has 2 fully saturated rings. The minimum Gasteiger partial charge on any atom is -0.300 e. The molecule has 2 heteroatoms. The van der Waals surface area contributed by atoms with Crippen LogP contribution in [0.25, 0.3) is 0 Å². The number of Topliss-reactive ketones (excluding diaryl/α,β-unsaturated/α-hetero) is 1. The number of nitriles is 1. The first-order chi connectivity index (χ1) is 12.4. The Morgan fingerprint density at radius 1 is 1.23 bits per heavy atom. The minimum absolute atomic E-state index is 0.519. The summed E-state index contributed by atoms with van der Waals surface area (Å²) in [5, 5.41) is 8.50. The predicted octanol–water partition coefficient (Wildman–Crippen LogP) is 6.69. The lowest BCUT2D eigenvalue weighted by molar-refractivity contribution is -0.121. The number of unbranched alkanes of at least 4 members (excludes halogenated alkanes) is 1. The Morgan fingerprint density at radius 2 is 1.92 bits per heavy atom. The highest BCUT2D eigenvalue weighted by Gasteiger charge is 2.55. The van der Waals surface area contributed by atoms with Crippen LogP contribution in [0.4, 0.5) is 0 Å². The van der Waals surface area contributed by atoms with Crippen LogP contribution in [0.3, 0.4) is 0 Å². The van der Waals surface area contributed by atoms with Crippen molar-refractivity contribution in [2.45, 2.75) is 79.6 Å². The molecule has 1 aromatic rings. The fraction of sp³-hybridized carbons (Fsp3) is 0.583. The third-order valence-corrected chi connectivity index (χ3v) is 5.68. The highest BCUT2D eigenvalue weighted by molar-refractivity contribution is 5.80. The zero-order valence-corrected chi connectivity index (χ0v) is 17.3. The van der Waals surface area contributed by atoms with Crippen molar-refractivity contribution in [3.05, 3.63) is 47.0 Å². The molecular weight excluding hydrogens is 318 g/mol. The number of carbonyl (C=O) groups excluding carboxylic acids is 1. The topological polar surface area (TPSA) is 40.9 Å². The van der Waals surface area contributed by atoms with Crippen molar-refractivity contribution in [3.63, 3.8) is 0 Å². The number of aryl methyl sites for hydroxylation is 2. The van der Waals surface area contributed by atoms with E-state index < -0.39 is 0 Å². The maximum Gasteiger partial charge on any atom is 0.133 e. The van der Waals surface area contributed by atoms with E-state index >= 15 is 0 Å². The van der Waals surface area contributed by atoms with Crippen LogP contribution < -0.4 is 0 Å². The molecule has 0 aromatic heterocycles. The van der Waals surface area contributed by atoms with Crippen LogP contribution in [-0.2, 0) is 4.79 Å². The van der Waals surface area contributed by atoms with Crippen molar-refractivity contribution >= 4 is 5.78 Å². The number of allylic oxidation sites excluding steroid dienone is 2. The van der Waals surface area contributed by atoms with Crippen molar-refractivity contribution in [3.8, 4) is 6.07 Å². The molecule has 2 aliphatic rings. The van der Waals surface area contributed by atoms with Gasteiger partial charge in [-0.15, -0.1) is 0 Å². The minimum atomic E-state index is 0.519. The van der Waals surface area contributed by atoms with E-state index in [1.165, 1.54) is 43.2 Å². The lowest BCUT2D eigenvalue weighted by Gasteiger charge is -2.20. The van der Waals surface area contributed by atoms with Gasteiger partial charge < -0.3 is 0 Å². The number of hydrogen-bond acceptors (Lipinski definition) is 2. The van der Waals surface area contributed by atoms with Crippen LogP contribution in [0.5, 0.6) is 0 Å². The van der Waals surface area contributed by atoms with E-state index in [1.54, 1.807) is 0 Å². The number of nitrogens with zero attached hydrogens (tertiary/aromatic N) is 1. The Labute approximate surface area is 160 Å². The molecule has 2 nitrogen and oxygen atoms in total. The monoisotopic (exact) mass is 353 g/mol. The van der Waals surface area contributed by atoms with Crippen molar-refractivity contribution in [2.24, 2.45) is 11.3 Å². The molecule has 0 radical (unpaired) electrons. The molecule has 3 rings (SSSR count). The first-order valence-corrected chi connectivity index (χ1v) is 9.98. The number of ketones is 1. The molecule has 0 spiro atoms. The van der Waals surface area contributed by atoms with Gasteiger partial charge in [0.1, 0.15) is 5.78 Å². The van der Waals surface area contributed by atoms with Gasteiger partial charge in [-0.25, -0.2) is 0 Å². The van der Waals surface area contributed by atoms with Crippen LogP contribution >= 0.6 is 0 Å². The molecule has 26 heavy (non-hydrogen) atoms. The van der Waals surface area contributed by atoms with E-state index in [0.29, 0.717) is 11.2 Å². The second-order valence-electron chi connectivity index (χ2n) is 7.70. The lowest BCUT2D eigenvalue weighted by Crippen LogP contribution is -2.17. The van der Waals surface area contributed by atoms with Gasteiger partial charge in [-0.3, -0.25) is 4.79 Å². The van der Waals surface area contributed by atoms with Gasteiger partial charge in [-0.05, 0) is 81.5 Å². The summed E-state index contributed by atoms with van der Waals surface area (Å²) >= 11 is 0. The smallest absolute Gasteiger partial charge is 0.133 e. The van der Waals surface area contributed by atoms with Crippen LogP contribution in [0, 0.1) is 36.5 Å². The average molecular weight is 354 g/mol. The number of benzene rings is 1. The Kier molecular flexibility index (Phi) is 9.35. The number of carbonyl (C=O) groups is 1. The summed E-state index contributed by atoms with van der Waals surface area (Å²) in [6.07, 6.45) is 12.3. The number of hydrogen-bond donors (Lipinski definition) is 0. The molecule has 1 aromatic carbocycles. The van der Waals surface area contributed by atoms with E-state index in [2.05, 4.69) is 13.0 Å². The van der Waals surface area contributed by atoms with Gasteiger partial charge in [0.25, 0.3) is 0 Å². The van der Waals surface area contributed by atoms with E-state index in [9.17, 15) is 4.79 Å². The number of fused-ring (bicyclic) bond motifs is 1. The molecule has 2 saturated carbocycles. The average Bonchev–Trinajstić information content (AvgIpc) is 3.36. The summed E-state index contributed by atoms with van der Waals surface area (Å²) in [6.45, 7) is 10.3. The summed E-state index contributed by atoms with van der Waals surface area (Å²) in [7, 11) is 0. The molecule has 0 N–H and O–H groups in total. The van der Waals surface area contributed by atoms with E-state index in [4.69, 9.17) is 5.26 Å². The third kappa shape index (κ3) is 6.79. The van der Waals surface area contributed by atoms with Gasteiger partial charge in [0.15, 0.2) is 0 Å². The Balaban J connectivity index is 0.000000220. The summed E-state index contributed by atoms with van der Waals surface area (Å²) in [6, 6.07) is 7.79. The molecule has 0 heterocycles. The van der Waals surface area contributed by atoms with Crippen molar-refractivity contribution in [1.82, 2.24) is 0 Å². The highest BCUT2D eigenvalue weighted by Crippen LogP contribution is 2.63. The lowest BCUT2D eigenvalue weighted by atomic mass is 9.84. The molecular formula is C24H35NO. The molecule has 0 amide bonds. The molecule has 142 valence electrons. The van der Waals surface area contributed by atoms with Gasteiger partial charge in [0, 0.05) is 12.8 Å². The number of rotatable bonds is 3. The van der Waals surface area contributed by atoms with Crippen LogP contribution in [0.1, 0.15) is 82.4 Å². The fourth-order valence-corrected chi connectivity index (χ4v) is 3.61. The van der Waals surface area contributed by atoms with Gasteiger partial charge in [0.05, 0.1) is 11.6 Å². The maximum atomic E-state index is 11.3. The summed E-state index contributed by atoms with van der Waals surface area (Å²) < 4.78 is 0. The zero-order chi connectivity index (χ0) is 19.6. The second-order valence-corrected chi connectivity index (χ2v) is 7.70. The molecule has 0 saturated heterocycles.